The number of para-hydroxylation sites is 2. The van der Waals surface area contributed by atoms with Gasteiger partial charge in [-0.15, -0.1) is 0 Å². The Morgan fingerprint density at radius 2 is 1.19 bits per heavy atom. The Balaban J connectivity index is 0.815. The van der Waals surface area contributed by atoms with Crippen molar-refractivity contribution in [2.45, 2.75) is 63.8 Å². The van der Waals surface area contributed by atoms with E-state index in [4.69, 9.17) is 28.7 Å². The molecule has 0 unspecified atom stereocenters. The van der Waals surface area contributed by atoms with Crippen molar-refractivity contribution < 1.29 is 57.2 Å². The summed E-state index contributed by atoms with van der Waals surface area (Å²) in [7, 11) is 4.32. The number of hydrogen-bond acceptors (Lipinski definition) is 14. The summed E-state index contributed by atoms with van der Waals surface area (Å²) in [4.78, 5) is 99.7. The number of nitrogens with one attached hydrogen (secondary N) is 5. The van der Waals surface area contributed by atoms with Crippen LogP contribution in [0, 0.1) is 11.8 Å². The first-order valence-corrected chi connectivity index (χ1v) is 25.5. The highest BCUT2D eigenvalue weighted by molar-refractivity contribution is 6.15. The molecule has 5 aromatic rings. The summed E-state index contributed by atoms with van der Waals surface area (Å²) < 4.78 is 29.1. The van der Waals surface area contributed by atoms with Crippen LogP contribution in [0.1, 0.15) is 68.7 Å². The van der Waals surface area contributed by atoms with Gasteiger partial charge in [0.2, 0.25) is 23.6 Å². The van der Waals surface area contributed by atoms with E-state index in [9.17, 15) is 33.6 Å². The van der Waals surface area contributed by atoms with Gasteiger partial charge in [-0.1, -0.05) is 36.4 Å². The molecule has 6 amide bonds. The van der Waals surface area contributed by atoms with Crippen molar-refractivity contribution in [3.8, 4) is 23.0 Å². The number of benzene rings is 5. The van der Waals surface area contributed by atoms with E-state index in [0.29, 0.717) is 101 Å². The van der Waals surface area contributed by atoms with Crippen LogP contribution in [-0.2, 0) is 54.8 Å². The number of anilines is 4. The number of rotatable bonds is 17. The van der Waals surface area contributed by atoms with Gasteiger partial charge in [0.05, 0.1) is 81.5 Å². The SMILES string of the molecule is COC(=O)C1CCC(C(=O)NCC(=O)NCC(=O)NCC(=O)Nc2cc(COc3cc4c(cc3OC)C(=O)N3c5ccccc5C[C@H]3C=N4)cc(COc3cc4c(cc3OC)C(=O)N3c5ccccc5C[C@H]3CN4)c2)CC1. The van der Waals surface area contributed by atoms with E-state index in [1.54, 1.807) is 47.5 Å². The van der Waals surface area contributed by atoms with Gasteiger partial charge in [0.15, 0.2) is 23.0 Å². The molecule has 77 heavy (non-hydrogen) atoms. The molecule has 398 valence electrons. The van der Waals surface area contributed by atoms with E-state index in [1.807, 2.05) is 59.5 Å². The normalized spacial score (nSPS) is 18.5. The summed E-state index contributed by atoms with van der Waals surface area (Å²) in [6, 6.07) is 27.3. The first-order chi connectivity index (χ1) is 37.4. The largest absolute Gasteiger partial charge is 0.493 e. The summed E-state index contributed by atoms with van der Waals surface area (Å²) >= 11 is 0. The van der Waals surface area contributed by atoms with Gasteiger partial charge in [-0.05, 0) is 96.8 Å². The standard InChI is InChI=1S/C57H58N8O12/c1-73-47-21-41-43(58-25-39-19-36-8-4-6-10-45(36)64(39)55(41)70)23-49(47)76-30-32-16-33(31-77-50-24-44-42(22-48(50)74-2)56(71)65-40(26-59-44)20-37-9-5-7-11-46(37)65)18-38(17-32)63-53(68)29-61-51(66)27-60-52(67)28-62-54(69)34-12-14-35(15-13-34)57(72)75-3/h4-11,16-18,21-25,34-35,39-40,59H,12-15,19-20,26-31H2,1-3H3,(H,60,67)(H,61,66)(H,62,69)(H,63,68)/t34?,35?,39-,40-/m0/s1. The predicted molar refractivity (Wildman–Crippen MR) is 284 cm³/mol. The van der Waals surface area contributed by atoms with Gasteiger partial charge in [0, 0.05) is 54.3 Å². The van der Waals surface area contributed by atoms with Crippen molar-refractivity contribution in [2.24, 2.45) is 16.8 Å². The van der Waals surface area contributed by atoms with Crippen LogP contribution in [0.15, 0.2) is 96.0 Å². The third-order valence-corrected chi connectivity index (χ3v) is 14.6. The quantitative estimate of drug-likeness (QED) is 0.0733. The number of amides is 6. The van der Waals surface area contributed by atoms with Crippen molar-refractivity contribution >= 4 is 76.1 Å². The van der Waals surface area contributed by atoms with Gasteiger partial charge in [0.25, 0.3) is 11.8 Å². The van der Waals surface area contributed by atoms with Gasteiger partial charge in [-0.25, -0.2) is 0 Å². The highest BCUT2D eigenvalue weighted by Gasteiger charge is 2.39. The number of ether oxygens (including phenoxy) is 5. The van der Waals surface area contributed by atoms with Crippen LogP contribution in [0.3, 0.4) is 0 Å². The minimum absolute atomic E-state index is 0.0187. The second-order valence-electron chi connectivity index (χ2n) is 19.5. The van der Waals surface area contributed by atoms with Crippen LogP contribution in [0.5, 0.6) is 23.0 Å². The van der Waals surface area contributed by atoms with Gasteiger partial charge < -0.3 is 55.2 Å². The minimum atomic E-state index is -0.640. The fourth-order valence-corrected chi connectivity index (χ4v) is 10.7. The molecule has 5 aliphatic rings. The van der Waals surface area contributed by atoms with Gasteiger partial charge >= 0.3 is 5.97 Å². The molecule has 20 heteroatoms. The van der Waals surface area contributed by atoms with E-state index in [1.165, 1.54) is 21.3 Å². The number of hydrogen-bond donors (Lipinski definition) is 5. The molecule has 0 bridgehead atoms. The van der Waals surface area contributed by atoms with Crippen molar-refractivity contribution in [3.63, 3.8) is 0 Å². The number of carbonyl (C=O) groups excluding carboxylic acids is 7. The Morgan fingerprint density at radius 1 is 0.623 bits per heavy atom. The molecule has 20 nitrogen and oxygen atoms in total. The molecule has 1 saturated carbocycles. The zero-order valence-electron chi connectivity index (χ0n) is 42.8. The van der Waals surface area contributed by atoms with Crippen LogP contribution >= 0.6 is 0 Å². The Kier molecular flexibility index (Phi) is 15.1. The lowest BCUT2D eigenvalue weighted by molar-refractivity contribution is -0.147. The molecule has 2 atom stereocenters. The molecular weight excluding hydrogens is 989 g/mol. The maximum atomic E-state index is 14.1. The lowest BCUT2D eigenvalue weighted by Gasteiger charge is -2.25. The third-order valence-electron chi connectivity index (χ3n) is 14.6. The number of esters is 1. The molecule has 0 aromatic heterocycles. The summed E-state index contributed by atoms with van der Waals surface area (Å²) in [5.74, 6) is -2.00. The number of aliphatic imine (C=N–C) groups is 1. The van der Waals surface area contributed by atoms with E-state index >= 15 is 0 Å². The van der Waals surface area contributed by atoms with Crippen LogP contribution < -0.4 is 55.3 Å². The average molecular weight is 1050 g/mol. The van der Waals surface area contributed by atoms with Gasteiger partial charge in [-0.3, -0.25) is 43.5 Å². The first-order valence-electron chi connectivity index (χ1n) is 25.5. The molecule has 0 spiro atoms. The van der Waals surface area contributed by atoms with Crippen LogP contribution in [0.2, 0.25) is 0 Å². The molecule has 0 saturated heterocycles. The maximum Gasteiger partial charge on any atom is 0.308 e. The smallest absolute Gasteiger partial charge is 0.308 e. The fraction of sp³-hybridized carbons (Fsp3) is 0.333. The molecule has 10 rings (SSSR count). The Morgan fingerprint density at radius 3 is 1.86 bits per heavy atom. The maximum absolute atomic E-state index is 14.1. The number of nitrogens with zero attached hydrogens (tertiary/aromatic N) is 3. The molecule has 1 fully saturated rings. The van der Waals surface area contributed by atoms with Gasteiger partial charge in [-0.2, -0.15) is 0 Å². The van der Waals surface area contributed by atoms with Crippen molar-refractivity contribution in [2.75, 3.05) is 67.9 Å². The topological polar surface area (TPSA) is 245 Å². The highest BCUT2D eigenvalue weighted by Crippen LogP contribution is 2.43. The highest BCUT2D eigenvalue weighted by atomic mass is 16.5. The van der Waals surface area contributed by atoms with Crippen LogP contribution in [0.4, 0.5) is 28.4 Å². The second-order valence-corrected chi connectivity index (χ2v) is 19.5. The molecule has 4 heterocycles. The van der Waals surface area contributed by atoms with E-state index < -0.39 is 30.8 Å². The van der Waals surface area contributed by atoms with Crippen LogP contribution in [-0.4, -0.2) is 107 Å². The molecule has 4 aliphatic heterocycles. The van der Waals surface area contributed by atoms with Crippen LogP contribution in [0.25, 0.3) is 0 Å². The van der Waals surface area contributed by atoms with Crippen molar-refractivity contribution in [1.29, 1.82) is 0 Å². The lowest BCUT2D eigenvalue weighted by Crippen LogP contribution is -2.44. The molecule has 0 radical (unpaired) electrons. The molecule has 1 aliphatic carbocycles. The Labute approximate surface area is 443 Å². The number of methoxy groups -OCH3 is 3. The monoisotopic (exact) mass is 1050 g/mol. The van der Waals surface area contributed by atoms with E-state index in [-0.39, 0.29) is 67.4 Å². The third kappa shape index (κ3) is 11.1. The zero-order chi connectivity index (χ0) is 53.7. The lowest BCUT2D eigenvalue weighted by atomic mass is 9.81. The zero-order valence-corrected chi connectivity index (χ0v) is 42.8. The summed E-state index contributed by atoms with van der Waals surface area (Å²) in [5, 5.41) is 13.8. The van der Waals surface area contributed by atoms with Crippen molar-refractivity contribution in [3.05, 3.63) is 124 Å². The van der Waals surface area contributed by atoms with Crippen molar-refractivity contribution in [1.82, 2.24) is 16.0 Å². The summed E-state index contributed by atoms with van der Waals surface area (Å²) in [6.45, 7) is -0.761. The van der Waals surface area contributed by atoms with E-state index in [0.717, 1.165) is 28.9 Å². The first kappa shape index (κ1) is 51.5. The molecular formula is C57H58N8O12. The second kappa shape index (κ2) is 22.5. The predicted octanol–water partition coefficient (Wildman–Crippen LogP) is 5.41. The summed E-state index contributed by atoms with van der Waals surface area (Å²) in [6.07, 6.45) is 5.17. The molecule has 5 N–H and O–H groups in total. The minimum Gasteiger partial charge on any atom is -0.493 e. The van der Waals surface area contributed by atoms with Gasteiger partial charge in [0.1, 0.15) is 13.2 Å². The number of fused-ring (bicyclic) bond motifs is 8. The fourth-order valence-electron chi connectivity index (χ4n) is 10.7. The number of carbonyl (C=O) groups is 7. The Hall–Kier alpha value is -8.94. The summed E-state index contributed by atoms with van der Waals surface area (Å²) in [5.41, 5.74) is 7.28. The average Bonchev–Trinajstić information content (AvgIpc) is 4.01. The van der Waals surface area contributed by atoms with E-state index in [2.05, 4.69) is 26.6 Å². The molecule has 5 aromatic carbocycles. The Bertz CT molecular complexity index is 3210.